The molecule has 0 radical (unpaired) electrons. The Morgan fingerprint density at radius 3 is 2.52 bits per heavy atom. The molecule has 0 fully saturated rings. The SMILES string of the molecule is Cn1c(SCc2ccccc2[N+](=O)[O-])nnc1-c1ccccc1. The molecule has 0 saturated carbocycles. The van der Waals surface area contributed by atoms with Gasteiger partial charge in [-0.15, -0.1) is 10.2 Å². The molecule has 0 bridgehead atoms. The van der Waals surface area contributed by atoms with Gasteiger partial charge in [-0.3, -0.25) is 10.1 Å². The fourth-order valence-electron chi connectivity index (χ4n) is 2.23. The summed E-state index contributed by atoms with van der Waals surface area (Å²) in [6.07, 6.45) is 0. The van der Waals surface area contributed by atoms with Gasteiger partial charge in [0.25, 0.3) is 5.69 Å². The minimum absolute atomic E-state index is 0.130. The molecule has 6 nitrogen and oxygen atoms in total. The van der Waals surface area contributed by atoms with Crippen LogP contribution in [0.1, 0.15) is 5.56 Å². The van der Waals surface area contributed by atoms with Crippen LogP contribution < -0.4 is 0 Å². The molecule has 2 aromatic carbocycles. The molecule has 0 N–H and O–H groups in total. The van der Waals surface area contributed by atoms with Crippen molar-refractivity contribution in [3.05, 3.63) is 70.3 Å². The van der Waals surface area contributed by atoms with Gasteiger partial charge in [0.1, 0.15) is 0 Å². The third-order valence-corrected chi connectivity index (χ3v) is 4.48. The number of hydrogen-bond donors (Lipinski definition) is 0. The highest BCUT2D eigenvalue weighted by Gasteiger charge is 2.15. The topological polar surface area (TPSA) is 73.8 Å². The Labute approximate surface area is 137 Å². The predicted octanol–water partition coefficient (Wildman–Crippen LogP) is 3.68. The molecule has 23 heavy (non-hydrogen) atoms. The summed E-state index contributed by atoms with van der Waals surface area (Å²) in [7, 11) is 1.89. The van der Waals surface area contributed by atoms with Gasteiger partial charge in [0.05, 0.1) is 4.92 Å². The molecule has 0 saturated heterocycles. The third kappa shape index (κ3) is 3.24. The Kier molecular flexibility index (Phi) is 4.38. The number of nitro groups is 1. The minimum atomic E-state index is -0.359. The van der Waals surface area contributed by atoms with Crippen LogP contribution in [0.25, 0.3) is 11.4 Å². The van der Waals surface area contributed by atoms with Gasteiger partial charge in [-0.05, 0) is 0 Å². The first-order valence-corrected chi connectivity index (χ1v) is 7.95. The lowest BCUT2D eigenvalue weighted by molar-refractivity contribution is -0.385. The highest BCUT2D eigenvalue weighted by Crippen LogP contribution is 2.28. The lowest BCUT2D eigenvalue weighted by Gasteiger charge is -2.04. The van der Waals surface area contributed by atoms with Gasteiger partial charge >= 0.3 is 0 Å². The molecule has 3 rings (SSSR count). The van der Waals surface area contributed by atoms with Crippen LogP contribution in [0.15, 0.2) is 59.8 Å². The summed E-state index contributed by atoms with van der Waals surface area (Å²) in [6, 6.07) is 16.5. The number of rotatable bonds is 5. The highest BCUT2D eigenvalue weighted by molar-refractivity contribution is 7.98. The Bertz CT molecular complexity index is 833. The van der Waals surface area contributed by atoms with E-state index in [0.717, 1.165) is 16.5 Å². The van der Waals surface area contributed by atoms with E-state index in [1.807, 2.05) is 41.9 Å². The summed E-state index contributed by atoms with van der Waals surface area (Å²) in [6.45, 7) is 0. The molecular formula is C16H14N4O2S. The Morgan fingerprint density at radius 2 is 1.78 bits per heavy atom. The van der Waals surface area contributed by atoms with Crippen LogP contribution in [0.2, 0.25) is 0 Å². The minimum Gasteiger partial charge on any atom is -0.305 e. The molecule has 0 amide bonds. The average Bonchev–Trinajstić information content (AvgIpc) is 2.94. The molecule has 0 aliphatic rings. The number of aromatic nitrogens is 3. The van der Waals surface area contributed by atoms with E-state index in [4.69, 9.17) is 0 Å². The zero-order chi connectivity index (χ0) is 16.2. The number of hydrogen-bond acceptors (Lipinski definition) is 5. The Balaban J connectivity index is 1.80. The van der Waals surface area contributed by atoms with Crippen molar-refractivity contribution in [1.29, 1.82) is 0 Å². The number of para-hydroxylation sites is 1. The second-order valence-electron chi connectivity index (χ2n) is 4.91. The van der Waals surface area contributed by atoms with E-state index in [-0.39, 0.29) is 10.6 Å². The maximum Gasteiger partial charge on any atom is 0.273 e. The highest BCUT2D eigenvalue weighted by atomic mass is 32.2. The van der Waals surface area contributed by atoms with E-state index >= 15 is 0 Å². The van der Waals surface area contributed by atoms with Gasteiger partial charge in [-0.25, -0.2) is 0 Å². The molecule has 0 spiro atoms. The summed E-state index contributed by atoms with van der Waals surface area (Å²) >= 11 is 1.43. The molecule has 1 aromatic heterocycles. The normalized spacial score (nSPS) is 10.7. The van der Waals surface area contributed by atoms with Gasteiger partial charge in [0.2, 0.25) is 0 Å². The van der Waals surface area contributed by atoms with Crippen LogP contribution in [-0.4, -0.2) is 19.7 Å². The van der Waals surface area contributed by atoms with Gasteiger partial charge in [-0.2, -0.15) is 0 Å². The van der Waals surface area contributed by atoms with E-state index < -0.39 is 0 Å². The quantitative estimate of drug-likeness (QED) is 0.406. The number of thioether (sulfide) groups is 1. The fourth-order valence-corrected chi connectivity index (χ4v) is 3.14. The second-order valence-corrected chi connectivity index (χ2v) is 5.85. The number of nitrogens with zero attached hydrogens (tertiary/aromatic N) is 4. The fraction of sp³-hybridized carbons (Fsp3) is 0.125. The molecule has 116 valence electrons. The first kappa shape index (κ1) is 15.2. The zero-order valence-electron chi connectivity index (χ0n) is 12.4. The molecule has 0 aliphatic heterocycles. The maximum atomic E-state index is 11.1. The molecule has 7 heteroatoms. The summed E-state index contributed by atoms with van der Waals surface area (Å²) < 4.78 is 1.90. The summed E-state index contributed by atoms with van der Waals surface area (Å²) in [4.78, 5) is 10.7. The standard InChI is InChI=1S/C16H14N4O2S/c1-19-15(12-7-3-2-4-8-12)17-18-16(19)23-11-13-9-5-6-10-14(13)20(21)22/h2-10H,11H2,1H3. The Hall–Kier alpha value is -2.67. The molecule has 0 atom stereocenters. The lowest BCUT2D eigenvalue weighted by Crippen LogP contribution is -1.96. The largest absolute Gasteiger partial charge is 0.305 e. The lowest BCUT2D eigenvalue weighted by atomic mass is 10.2. The van der Waals surface area contributed by atoms with Crippen LogP contribution in [0.5, 0.6) is 0 Å². The third-order valence-electron chi connectivity index (χ3n) is 3.41. The van der Waals surface area contributed by atoms with E-state index in [9.17, 15) is 10.1 Å². The van der Waals surface area contributed by atoms with Crippen molar-refractivity contribution in [2.24, 2.45) is 7.05 Å². The second kappa shape index (κ2) is 6.62. The van der Waals surface area contributed by atoms with Crippen LogP contribution in [0.3, 0.4) is 0 Å². The van der Waals surface area contributed by atoms with Gasteiger partial charge in [-0.1, -0.05) is 60.3 Å². The first-order valence-electron chi connectivity index (χ1n) is 6.96. The molecular weight excluding hydrogens is 312 g/mol. The van der Waals surface area contributed by atoms with Crippen molar-refractivity contribution in [3.8, 4) is 11.4 Å². The van der Waals surface area contributed by atoms with Crippen molar-refractivity contribution in [3.63, 3.8) is 0 Å². The molecule has 3 aromatic rings. The number of benzene rings is 2. The van der Waals surface area contributed by atoms with Crippen LogP contribution in [0.4, 0.5) is 5.69 Å². The number of nitro benzene ring substituents is 1. The van der Waals surface area contributed by atoms with Crippen LogP contribution in [-0.2, 0) is 12.8 Å². The summed E-state index contributed by atoms with van der Waals surface area (Å²) in [5.74, 6) is 1.24. The smallest absolute Gasteiger partial charge is 0.273 e. The van der Waals surface area contributed by atoms with Crippen LogP contribution >= 0.6 is 11.8 Å². The van der Waals surface area contributed by atoms with Crippen LogP contribution in [0, 0.1) is 10.1 Å². The van der Waals surface area contributed by atoms with Crippen molar-refractivity contribution in [2.45, 2.75) is 10.9 Å². The molecule has 0 unspecified atom stereocenters. The molecule has 0 aliphatic carbocycles. The predicted molar refractivity (Wildman–Crippen MR) is 89.1 cm³/mol. The first-order chi connectivity index (χ1) is 11.2. The van der Waals surface area contributed by atoms with Crippen molar-refractivity contribution < 1.29 is 4.92 Å². The monoisotopic (exact) mass is 326 g/mol. The van der Waals surface area contributed by atoms with Crippen molar-refractivity contribution in [2.75, 3.05) is 0 Å². The van der Waals surface area contributed by atoms with Gasteiger partial charge in [0, 0.05) is 30.0 Å². The van der Waals surface area contributed by atoms with Crippen molar-refractivity contribution >= 4 is 17.4 Å². The summed E-state index contributed by atoms with van der Waals surface area (Å²) in [5, 5.41) is 20.2. The van der Waals surface area contributed by atoms with Gasteiger partial charge in [0.15, 0.2) is 11.0 Å². The zero-order valence-corrected chi connectivity index (χ0v) is 13.2. The maximum absolute atomic E-state index is 11.1. The van der Waals surface area contributed by atoms with E-state index in [0.29, 0.717) is 11.3 Å². The molecule has 1 heterocycles. The Morgan fingerprint density at radius 1 is 1.09 bits per heavy atom. The van der Waals surface area contributed by atoms with E-state index in [2.05, 4.69) is 10.2 Å². The average molecular weight is 326 g/mol. The summed E-state index contributed by atoms with van der Waals surface area (Å²) in [5.41, 5.74) is 1.79. The van der Waals surface area contributed by atoms with Gasteiger partial charge < -0.3 is 4.57 Å². The van der Waals surface area contributed by atoms with E-state index in [1.54, 1.807) is 18.2 Å². The van der Waals surface area contributed by atoms with Crippen molar-refractivity contribution in [1.82, 2.24) is 14.8 Å². The van der Waals surface area contributed by atoms with E-state index in [1.165, 1.54) is 17.8 Å².